The molecule has 8 nitrogen and oxygen atoms in total. The van der Waals surface area contributed by atoms with Crippen LogP contribution in [0.5, 0.6) is 11.5 Å². The Morgan fingerprint density at radius 2 is 1.69 bits per heavy atom. The number of ether oxygens (including phenoxy) is 3. The van der Waals surface area contributed by atoms with E-state index in [4.69, 9.17) is 24.2 Å². The lowest BCUT2D eigenvalue weighted by molar-refractivity contribution is 0.0303. The highest BCUT2D eigenvalue weighted by Gasteiger charge is 2.19. The molecule has 2 heterocycles. The summed E-state index contributed by atoms with van der Waals surface area (Å²) in [4.78, 5) is 26.8. The third-order valence-electron chi connectivity index (χ3n) is 7.18. The molecule has 0 N–H and O–H groups in total. The molecule has 42 heavy (non-hydrogen) atoms. The molecule has 0 unspecified atom stereocenters. The number of amides is 1. The molecule has 1 amide bonds. The van der Waals surface area contributed by atoms with Gasteiger partial charge in [0.15, 0.2) is 16.7 Å². The lowest BCUT2D eigenvalue weighted by atomic mass is 10.1. The monoisotopic (exact) mass is 584 g/mol. The van der Waals surface area contributed by atoms with Crippen LogP contribution in [0.1, 0.15) is 21.5 Å². The predicted octanol–water partition coefficient (Wildman–Crippen LogP) is 5.60. The molecule has 4 aromatic rings. The largest absolute Gasteiger partial charge is 0.493 e. The van der Waals surface area contributed by atoms with Crippen molar-refractivity contribution in [3.05, 3.63) is 95.6 Å². The Morgan fingerprint density at radius 1 is 0.905 bits per heavy atom. The maximum Gasteiger partial charge on any atom is 0.254 e. The van der Waals surface area contributed by atoms with Crippen LogP contribution >= 0.6 is 11.8 Å². The topological polar surface area (TPSA) is 77.0 Å². The first-order valence-electron chi connectivity index (χ1n) is 14.0. The second-order valence-electron chi connectivity index (χ2n) is 10.0. The number of aromatic nitrogens is 2. The zero-order chi connectivity index (χ0) is 29.3. The lowest BCUT2D eigenvalue weighted by Gasteiger charge is -2.27. The number of thioether (sulfide) groups is 1. The van der Waals surface area contributed by atoms with Crippen molar-refractivity contribution in [2.24, 2.45) is 0 Å². The minimum atomic E-state index is 0.0471. The molecule has 0 spiro atoms. The van der Waals surface area contributed by atoms with E-state index in [1.165, 1.54) is 0 Å². The van der Waals surface area contributed by atoms with E-state index in [9.17, 15) is 4.79 Å². The van der Waals surface area contributed by atoms with Crippen molar-refractivity contribution in [3.63, 3.8) is 0 Å². The zero-order valence-electron chi connectivity index (χ0n) is 24.3. The van der Waals surface area contributed by atoms with Crippen LogP contribution in [0.2, 0.25) is 0 Å². The third kappa shape index (κ3) is 7.40. The van der Waals surface area contributed by atoms with Crippen LogP contribution in [-0.2, 0) is 16.9 Å². The molecular weight excluding hydrogens is 548 g/mol. The van der Waals surface area contributed by atoms with Gasteiger partial charge in [-0.15, -0.1) is 0 Å². The first-order chi connectivity index (χ1) is 20.5. The molecule has 5 rings (SSSR count). The second kappa shape index (κ2) is 14.2. The Balaban J connectivity index is 1.32. The standard InChI is InChI=1S/C33H36N4O4S/c1-36(15-14-24-12-13-29(39-2)30(21-24)40-3)31-22-28(26-9-5-4-6-10-26)34-33(35-31)42-23-25-8-7-11-27(20-25)32(38)37-16-18-41-19-17-37/h4-13,20-22H,14-19,23H2,1-3H3. The molecule has 0 radical (unpaired) electrons. The van der Waals surface area contributed by atoms with Crippen LogP contribution in [0.25, 0.3) is 11.3 Å². The van der Waals surface area contributed by atoms with Crippen molar-refractivity contribution in [2.75, 3.05) is 59.0 Å². The average Bonchev–Trinajstić information content (AvgIpc) is 3.06. The molecule has 0 bridgehead atoms. The molecule has 218 valence electrons. The number of nitrogens with zero attached hydrogens (tertiary/aromatic N) is 4. The van der Waals surface area contributed by atoms with Gasteiger partial charge in [0, 0.05) is 49.6 Å². The first-order valence-corrected chi connectivity index (χ1v) is 15.0. The minimum absolute atomic E-state index is 0.0471. The highest BCUT2D eigenvalue weighted by molar-refractivity contribution is 7.98. The molecule has 1 saturated heterocycles. The number of carbonyl (C=O) groups excluding carboxylic acids is 1. The summed E-state index contributed by atoms with van der Waals surface area (Å²) in [5.41, 5.74) is 4.81. The van der Waals surface area contributed by atoms with Crippen molar-refractivity contribution in [1.82, 2.24) is 14.9 Å². The van der Waals surface area contributed by atoms with Gasteiger partial charge in [-0.2, -0.15) is 0 Å². The number of anilines is 1. The van der Waals surface area contributed by atoms with E-state index in [1.807, 2.05) is 72.6 Å². The number of rotatable bonds is 11. The van der Waals surface area contributed by atoms with Crippen LogP contribution in [0.3, 0.4) is 0 Å². The number of hydrogen-bond acceptors (Lipinski definition) is 8. The fourth-order valence-corrected chi connectivity index (χ4v) is 5.56. The molecule has 1 fully saturated rings. The van der Waals surface area contributed by atoms with Crippen LogP contribution in [0.4, 0.5) is 5.82 Å². The summed E-state index contributed by atoms with van der Waals surface area (Å²) >= 11 is 1.57. The van der Waals surface area contributed by atoms with Gasteiger partial charge in [-0.25, -0.2) is 9.97 Å². The minimum Gasteiger partial charge on any atom is -0.493 e. The highest BCUT2D eigenvalue weighted by Crippen LogP contribution is 2.29. The average molecular weight is 585 g/mol. The van der Waals surface area contributed by atoms with Gasteiger partial charge in [0.25, 0.3) is 5.91 Å². The van der Waals surface area contributed by atoms with Gasteiger partial charge in [-0.1, -0.05) is 60.3 Å². The molecule has 1 aliphatic rings. The van der Waals surface area contributed by atoms with Crippen molar-refractivity contribution >= 4 is 23.5 Å². The fraction of sp³-hybridized carbons (Fsp3) is 0.303. The molecule has 0 aliphatic carbocycles. The molecule has 1 aromatic heterocycles. The Kier molecular flexibility index (Phi) is 9.94. The highest BCUT2D eigenvalue weighted by atomic mass is 32.2. The van der Waals surface area contributed by atoms with Gasteiger partial charge in [0.2, 0.25) is 0 Å². The normalized spacial score (nSPS) is 13.1. The van der Waals surface area contributed by atoms with Gasteiger partial charge in [0.1, 0.15) is 5.82 Å². The van der Waals surface area contributed by atoms with Gasteiger partial charge < -0.3 is 24.0 Å². The number of methoxy groups -OCH3 is 2. The van der Waals surface area contributed by atoms with Crippen molar-refractivity contribution in [1.29, 1.82) is 0 Å². The van der Waals surface area contributed by atoms with E-state index in [2.05, 4.69) is 23.1 Å². The van der Waals surface area contributed by atoms with Crippen LogP contribution in [-0.4, -0.2) is 74.9 Å². The summed E-state index contributed by atoms with van der Waals surface area (Å²) in [5, 5.41) is 0.689. The molecule has 0 saturated carbocycles. The summed E-state index contributed by atoms with van der Waals surface area (Å²) < 4.78 is 16.2. The van der Waals surface area contributed by atoms with Crippen molar-refractivity contribution in [3.8, 4) is 22.8 Å². The molecule has 1 aliphatic heterocycles. The fourth-order valence-electron chi connectivity index (χ4n) is 4.77. The van der Waals surface area contributed by atoms with E-state index < -0.39 is 0 Å². The smallest absolute Gasteiger partial charge is 0.254 e. The number of carbonyl (C=O) groups is 1. The Labute approximate surface area is 251 Å². The van der Waals surface area contributed by atoms with Gasteiger partial charge in [0.05, 0.1) is 33.1 Å². The van der Waals surface area contributed by atoms with E-state index >= 15 is 0 Å². The number of hydrogen-bond donors (Lipinski definition) is 0. The predicted molar refractivity (Wildman–Crippen MR) is 167 cm³/mol. The van der Waals surface area contributed by atoms with E-state index in [0.29, 0.717) is 42.8 Å². The summed E-state index contributed by atoms with van der Waals surface area (Å²) in [6.45, 7) is 3.18. The van der Waals surface area contributed by atoms with Crippen LogP contribution in [0, 0.1) is 0 Å². The van der Waals surface area contributed by atoms with E-state index in [-0.39, 0.29) is 5.91 Å². The van der Waals surface area contributed by atoms with Crippen molar-refractivity contribution < 1.29 is 19.0 Å². The summed E-state index contributed by atoms with van der Waals surface area (Å²) in [6.07, 6.45) is 0.813. The molecular formula is C33H36N4O4S. The van der Waals surface area contributed by atoms with Gasteiger partial charge in [-0.3, -0.25) is 4.79 Å². The number of likely N-dealkylation sites (N-methyl/N-ethyl adjacent to an activating group) is 1. The summed E-state index contributed by atoms with van der Waals surface area (Å²) in [7, 11) is 5.34. The SMILES string of the molecule is COc1ccc(CCN(C)c2cc(-c3ccccc3)nc(SCc3cccc(C(=O)N4CCOCC4)c3)n2)cc1OC. The lowest BCUT2D eigenvalue weighted by Crippen LogP contribution is -2.40. The number of morpholine rings is 1. The maximum absolute atomic E-state index is 13.0. The first kappa shape index (κ1) is 29.4. The molecule has 0 atom stereocenters. The Morgan fingerprint density at radius 3 is 2.45 bits per heavy atom. The second-order valence-corrected chi connectivity index (χ2v) is 11.0. The van der Waals surface area contributed by atoms with E-state index in [1.54, 1.807) is 26.0 Å². The zero-order valence-corrected chi connectivity index (χ0v) is 25.1. The summed E-state index contributed by atoms with van der Waals surface area (Å²) in [6, 6.07) is 26.0. The number of benzene rings is 3. The third-order valence-corrected chi connectivity index (χ3v) is 8.10. The maximum atomic E-state index is 13.0. The summed E-state index contributed by atoms with van der Waals surface area (Å²) in [5.74, 6) is 2.99. The van der Waals surface area contributed by atoms with Crippen molar-refractivity contribution in [2.45, 2.75) is 17.3 Å². The molecule has 9 heteroatoms. The Bertz CT molecular complexity index is 1490. The Hall–Kier alpha value is -4.08. The van der Waals surface area contributed by atoms with Crippen LogP contribution < -0.4 is 14.4 Å². The van der Waals surface area contributed by atoms with Crippen LogP contribution in [0.15, 0.2) is 84.0 Å². The van der Waals surface area contributed by atoms with Gasteiger partial charge >= 0.3 is 0 Å². The quantitative estimate of drug-likeness (QED) is 0.167. The molecule has 3 aromatic carbocycles. The van der Waals surface area contributed by atoms with E-state index in [0.717, 1.165) is 52.7 Å². The van der Waals surface area contributed by atoms with Gasteiger partial charge in [-0.05, 0) is 41.8 Å².